The maximum atomic E-state index is 6.48. The van der Waals surface area contributed by atoms with Crippen LogP contribution in [0.15, 0.2) is 113 Å². The van der Waals surface area contributed by atoms with Crippen molar-refractivity contribution in [2.75, 3.05) is 6.26 Å². The summed E-state index contributed by atoms with van der Waals surface area (Å²) in [5.41, 5.74) is 7.04. The first-order valence-electron chi connectivity index (χ1n) is 11.2. The van der Waals surface area contributed by atoms with Crippen molar-refractivity contribution in [2.45, 2.75) is 23.6 Å². The number of fused-ring (bicyclic) bond motifs is 3. The van der Waals surface area contributed by atoms with E-state index in [9.17, 15) is 0 Å². The lowest BCUT2D eigenvalue weighted by molar-refractivity contribution is -0.0190. The summed E-state index contributed by atoms with van der Waals surface area (Å²) < 4.78 is 6.48. The van der Waals surface area contributed by atoms with Gasteiger partial charge in [0, 0.05) is 22.4 Å². The van der Waals surface area contributed by atoms with Gasteiger partial charge in [-0.25, -0.2) is 5.01 Å². The molecule has 2 atom stereocenters. The van der Waals surface area contributed by atoms with Crippen LogP contribution in [0.2, 0.25) is 0 Å². The number of hydrogen-bond acceptors (Lipinski definition) is 4. The third-order valence-electron chi connectivity index (χ3n) is 6.43. The Kier molecular flexibility index (Phi) is 5.16. The molecule has 0 fully saturated rings. The van der Waals surface area contributed by atoms with Gasteiger partial charge in [0.15, 0.2) is 0 Å². The van der Waals surface area contributed by atoms with E-state index in [0.29, 0.717) is 0 Å². The van der Waals surface area contributed by atoms with Crippen molar-refractivity contribution >= 4 is 17.5 Å². The zero-order chi connectivity index (χ0) is 22.2. The molecule has 0 saturated carbocycles. The van der Waals surface area contributed by atoms with Crippen LogP contribution in [-0.2, 0) is 0 Å². The van der Waals surface area contributed by atoms with E-state index in [1.165, 1.54) is 21.6 Å². The Labute approximate surface area is 198 Å². The lowest BCUT2D eigenvalue weighted by Crippen LogP contribution is -2.33. The predicted molar refractivity (Wildman–Crippen MR) is 136 cm³/mol. The van der Waals surface area contributed by atoms with E-state index in [1.54, 1.807) is 11.8 Å². The van der Waals surface area contributed by atoms with E-state index in [2.05, 4.69) is 102 Å². The molecule has 4 heteroatoms. The number of nitrogens with zero attached hydrogens (tertiary/aromatic N) is 2. The average molecular weight is 449 g/mol. The average Bonchev–Trinajstić information content (AvgIpc) is 3.35. The van der Waals surface area contributed by atoms with Crippen LogP contribution in [0.25, 0.3) is 11.1 Å². The highest BCUT2D eigenvalue weighted by molar-refractivity contribution is 7.98. The predicted octanol–water partition coefficient (Wildman–Crippen LogP) is 7.32. The SMILES string of the molecule is CSc1ccc(C2Oc3ccccc3C3CC(c4ccc(-c5ccccc5)cc4)=NN32)cc1. The van der Waals surface area contributed by atoms with E-state index >= 15 is 0 Å². The van der Waals surface area contributed by atoms with Gasteiger partial charge in [0.25, 0.3) is 0 Å². The molecule has 2 aliphatic heterocycles. The second-order valence-electron chi connectivity index (χ2n) is 8.37. The highest BCUT2D eigenvalue weighted by Crippen LogP contribution is 2.47. The molecule has 0 N–H and O–H groups in total. The first-order valence-corrected chi connectivity index (χ1v) is 12.4. The Balaban J connectivity index is 1.35. The van der Waals surface area contributed by atoms with Gasteiger partial charge >= 0.3 is 0 Å². The molecule has 6 rings (SSSR count). The van der Waals surface area contributed by atoms with Crippen LogP contribution in [-0.4, -0.2) is 17.0 Å². The number of ether oxygens (including phenoxy) is 1. The number of hydrazone groups is 1. The monoisotopic (exact) mass is 448 g/mol. The van der Waals surface area contributed by atoms with Crippen LogP contribution in [0.1, 0.15) is 35.4 Å². The summed E-state index contributed by atoms with van der Waals surface area (Å²) in [5, 5.41) is 7.25. The molecule has 0 spiro atoms. The van der Waals surface area contributed by atoms with Gasteiger partial charge in [-0.15, -0.1) is 11.8 Å². The molecular formula is C29H24N2OS. The molecule has 2 heterocycles. The highest BCUT2D eigenvalue weighted by Gasteiger charge is 2.40. The molecule has 0 saturated heterocycles. The van der Waals surface area contributed by atoms with E-state index in [-0.39, 0.29) is 12.3 Å². The van der Waals surface area contributed by atoms with E-state index in [0.717, 1.165) is 29.0 Å². The first kappa shape index (κ1) is 20.1. The number of hydrogen-bond donors (Lipinski definition) is 0. The smallest absolute Gasteiger partial charge is 0.213 e. The zero-order valence-electron chi connectivity index (χ0n) is 18.4. The summed E-state index contributed by atoms with van der Waals surface area (Å²) in [4.78, 5) is 1.25. The molecule has 2 aliphatic rings. The molecule has 2 unspecified atom stereocenters. The van der Waals surface area contributed by atoms with Crippen LogP contribution in [0, 0.1) is 0 Å². The van der Waals surface area contributed by atoms with Gasteiger partial charge in [0.2, 0.25) is 6.23 Å². The molecule has 0 amide bonds. The molecule has 4 aromatic carbocycles. The van der Waals surface area contributed by atoms with Gasteiger partial charge in [-0.2, -0.15) is 5.10 Å². The third kappa shape index (κ3) is 3.70. The minimum atomic E-state index is -0.234. The van der Waals surface area contributed by atoms with Crippen LogP contribution in [0.3, 0.4) is 0 Å². The van der Waals surface area contributed by atoms with E-state index < -0.39 is 0 Å². The van der Waals surface area contributed by atoms with Gasteiger partial charge < -0.3 is 4.74 Å². The number of benzene rings is 4. The fourth-order valence-electron chi connectivity index (χ4n) is 4.68. The molecular weight excluding hydrogens is 424 g/mol. The van der Waals surface area contributed by atoms with Crippen molar-refractivity contribution in [3.8, 4) is 16.9 Å². The standard InChI is InChI=1S/C29H24N2OS/c1-33-24-17-15-23(16-18-24)29-31-27(25-9-5-6-10-28(25)32-29)19-26(30-31)22-13-11-21(12-14-22)20-7-3-2-4-8-20/h2-18,27,29H,19H2,1H3. The van der Waals surface area contributed by atoms with Crippen LogP contribution < -0.4 is 4.74 Å². The topological polar surface area (TPSA) is 24.8 Å². The Morgan fingerprint density at radius 3 is 2.18 bits per heavy atom. The minimum Gasteiger partial charge on any atom is -0.464 e. The van der Waals surface area contributed by atoms with Gasteiger partial charge in [0.05, 0.1) is 11.8 Å². The Bertz CT molecular complexity index is 1300. The Morgan fingerprint density at radius 2 is 1.42 bits per heavy atom. The summed E-state index contributed by atoms with van der Waals surface area (Å²) >= 11 is 1.75. The van der Waals surface area contributed by atoms with Crippen molar-refractivity contribution < 1.29 is 4.74 Å². The maximum Gasteiger partial charge on any atom is 0.213 e. The summed E-state index contributed by atoms with van der Waals surface area (Å²) in [6.45, 7) is 0. The summed E-state index contributed by atoms with van der Waals surface area (Å²) in [5.74, 6) is 0.952. The van der Waals surface area contributed by atoms with Gasteiger partial charge in [-0.1, -0.05) is 84.9 Å². The highest BCUT2D eigenvalue weighted by atomic mass is 32.2. The molecule has 162 valence electrons. The molecule has 0 aliphatic carbocycles. The van der Waals surface area contributed by atoms with Crippen LogP contribution in [0.4, 0.5) is 0 Å². The Morgan fingerprint density at radius 1 is 0.758 bits per heavy atom. The summed E-state index contributed by atoms with van der Waals surface area (Å²) in [6.07, 6.45) is 2.73. The second-order valence-corrected chi connectivity index (χ2v) is 9.25. The van der Waals surface area contributed by atoms with Crippen LogP contribution >= 0.6 is 11.8 Å². The summed E-state index contributed by atoms with van der Waals surface area (Å²) in [7, 11) is 0. The van der Waals surface area contributed by atoms with Crippen molar-refractivity contribution in [3.63, 3.8) is 0 Å². The minimum absolute atomic E-state index is 0.170. The fourth-order valence-corrected chi connectivity index (χ4v) is 5.09. The maximum absolute atomic E-state index is 6.48. The number of rotatable bonds is 4. The summed E-state index contributed by atoms with van der Waals surface area (Å²) in [6, 6.07) is 36.4. The molecule has 0 aromatic heterocycles. The molecule has 3 nitrogen and oxygen atoms in total. The van der Waals surface area contributed by atoms with Crippen molar-refractivity contribution in [3.05, 3.63) is 120 Å². The van der Waals surface area contributed by atoms with Crippen molar-refractivity contribution in [2.24, 2.45) is 5.10 Å². The van der Waals surface area contributed by atoms with E-state index in [1.807, 2.05) is 12.1 Å². The number of para-hydroxylation sites is 1. The molecule has 4 aromatic rings. The molecule has 0 bridgehead atoms. The third-order valence-corrected chi connectivity index (χ3v) is 7.17. The second kappa shape index (κ2) is 8.45. The normalized spacial score (nSPS) is 18.8. The first-order chi connectivity index (χ1) is 16.3. The molecule has 33 heavy (non-hydrogen) atoms. The number of thioether (sulfide) groups is 1. The van der Waals surface area contributed by atoms with Crippen molar-refractivity contribution in [1.82, 2.24) is 5.01 Å². The lowest BCUT2D eigenvalue weighted by atomic mass is 9.95. The van der Waals surface area contributed by atoms with E-state index in [4.69, 9.17) is 9.84 Å². The fraction of sp³-hybridized carbons (Fsp3) is 0.138. The van der Waals surface area contributed by atoms with Crippen LogP contribution in [0.5, 0.6) is 5.75 Å². The lowest BCUT2D eigenvalue weighted by Gasteiger charge is -2.38. The van der Waals surface area contributed by atoms with Gasteiger partial charge in [-0.3, -0.25) is 0 Å². The Hall–Kier alpha value is -3.50. The van der Waals surface area contributed by atoms with Gasteiger partial charge in [-0.05, 0) is 41.1 Å². The largest absolute Gasteiger partial charge is 0.464 e. The van der Waals surface area contributed by atoms with Crippen molar-refractivity contribution in [1.29, 1.82) is 0 Å². The zero-order valence-corrected chi connectivity index (χ0v) is 19.2. The molecule has 0 radical (unpaired) electrons. The van der Waals surface area contributed by atoms with Gasteiger partial charge in [0.1, 0.15) is 5.75 Å². The quantitative estimate of drug-likeness (QED) is 0.306.